The molecule has 0 saturated heterocycles. The van der Waals surface area contributed by atoms with Crippen molar-refractivity contribution in [3.8, 4) is 43.5 Å². The van der Waals surface area contributed by atoms with Crippen LogP contribution in [0.2, 0.25) is 0 Å². The van der Waals surface area contributed by atoms with E-state index in [4.69, 9.17) is 15.2 Å². The number of carbonyl (C=O) groups excluding carboxylic acids is 1. The molecular formula is C32H26N2O5S2. The van der Waals surface area contributed by atoms with Crippen molar-refractivity contribution in [3.63, 3.8) is 0 Å². The number of ether oxygens (including phenoxy) is 2. The molecule has 9 heteroatoms. The maximum atomic E-state index is 13.9. The molecule has 1 aliphatic heterocycles. The number of carboxylic acid groups (broad SMARTS) is 1. The van der Waals surface area contributed by atoms with Gasteiger partial charge in [-0.2, -0.15) is 0 Å². The summed E-state index contributed by atoms with van der Waals surface area (Å²) in [5.74, 6) is -0.376. The second kappa shape index (κ2) is 11.2. The first kappa shape index (κ1) is 26.8. The number of fused-ring (bicyclic) bond motifs is 3. The quantitative estimate of drug-likeness (QED) is 0.188. The van der Waals surface area contributed by atoms with Gasteiger partial charge in [0.1, 0.15) is 11.5 Å². The molecular weight excluding hydrogens is 556 g/mol. The predicted molar refractivity (Wildman–Crippen MR) is 164 cm³/mol. The van der Waals surface area contributed by atoms with E-state index < -0.39 is 5.97 Å². The number of carboxylic acids is 1. The lowest BCUT2D eigenvalue weighted by Gasteiger charge is -2.19. The molecule has 5 aromatic rings. The minimum Gasteiger partial charge on any atom is -0.496 e. The zero-order chi connectivity index (χ0) is 28.5. The highest BCUT2D eigenvalue weighted by molar-refractivity contribution is 7.14. The van der Waals surface area contributed by atoms with E-state index in [2.05, 4.69) is 5.32 Å². The van der Waals surface area contributed by atoms with Crippen LogP contribution in [0.1, 0.15) is 31.8 Å². The number of rotatable bonds is 7. The van der Waals surface area contributed by atoms with Crippen LogP contribution < -0.4 is 20.5 Å². The molecule has 0 aliphatic carbocycles. The third kappa shape index (κ3) is 5.11. The van der Waals surface area contributed by atoms with E-state index in [0.29, 0.717) is 47.0 Å². The fourth-order valence-electron chi connectivity index (χ4n) is 5.02. The summed E-state index contributed by atoms with van der Waals surface area (Å²) in [5, 5.41) is 17.3. The van der Waals surface area contributed by atoms with Gasteiger partial charge in [-0.15, -0.1) is 22.7 Å². The number of methoxy groups -OCH3 is 1. The average molecular weight is 583 g/mol. The van der Waals surface area contributed by atoms with Crippen LogP contribution in [0.3, 0.4) is 0 Å². The van der Waals surface area contributed by atoms with Crippen LogP contribution in [0.25, 0.3) is 32.0 Å². The van der Waals surface area contributed by atoms with Gasteiger partial charge in [-0.1, -0.05) is 18.2 Å². The van der Waals surface area contributed by atoms with Crippen molar-refractivity contribution in [2.45, 2.75) is 13.0 Å². The minimum atomic E-state index is -1.10. The second-order valence-electron chi connectivity index (χ2n) is 9.50. The first-order valence-electron chi connectivity index (χ1n) is 12.9. The van der Waals surface area contributed by atoms with Gasteiger partial charge in [0.25, 0.3) is 5.91 Å². The highest BCUT2D eigenvalue weighted by Gasteiger charge is 2.26. The van der Waals surface area contributed by atoms with Crippen molar-refractivity contribution < 1.29 is 24.2 Å². The van der Waals surface area contributed by atoms with Crippen molar-refractivity contribution in [2.75, 3.05) is 19.0 Å². The van der Waals surface area contributed by atoms with Gasteiger partial charge in [-0.05, 0) is 76.0 Å². The molecule has 1 aliphatic rings. The molecule has 0 spiro atoms. The van der Waals surface area contributed by atoms with Crippen molar-refractivity contribution in [2.24, 2.45) is 5.73 Å². The summed E-state index contributed by atoms with van der Waals surface area (Å²) in [6.07, 6.45) is 0.727. The molecule has 206 valence electrons. The molecule has 1 amide bonds. The fourth-order valence-corrected chi connectivity index (χ4v) is 6.75. The molecule has 0 bridgehead atoms. The van der Waals surface area contributed by atoms with E-state index in [1.54, 1.807) is 54.8 Å². The molecule has 41 heavy (non-hydrogen) atoms. The van der Waals surface area contributed by atoms with Gasteiger partial charge in [0.15, 0.2) is 0 Å². The Bertz CT molecular complexity index is 1760. The maximum absolute atomic E-state index is 13.9. The molecule has 0 unspecified atom stereocenters. The number of hydrogen-bond donors (Lipinski definition) is 3. The normalized spacial score (nSPS) is 12.0. The highest BCUT2D eigenvalue weighted by atomic mass is 32.1. The Morgan fingerprint density at radius 1 is 0.951 bits per heavy atom. The summed E-state index contributed by atoms with van der Waals surface area (Å²) in [4.78, 5) is 28.5. The summed E-state index contributed by atoms with van der Waals surface area (Å²) in [6, 6.07) is 20.1. The standard InChI is InChI=1S/C32H26N2O5S2/c1-38-27-15-21(22-16-28-26(14-24(22)32(36)37)30-19(8-10-39-28)9-12-41-30)23(13-25(27)29-3-2-11-40-29)31(35)34-20-6-4-18(17-33)5-7-20/h2-7,9,11-16H,8,10,17,33H2,1H3,(H,34,35)(H,36,37). The average Bonchev–Trinajstić information content (AvgIpc) is 3.66. The summed E-state index contributed by atoms with van der Waals surface area (Å²) in [7, 11) is 1.56. The smallest absolute Gasteiger partial charge is 0.336 e. The Balaban J connectivity index is 1.55. The molecule has 6 rings (SSSR count). The van der Waals surface area contributed by atoms with E-state index in [9.17, 15) is 14.7 Å². The molecule has 0 fully saturated rings. The van der Waals surface area contributed by atoms with E-state index in [0.717, 1.165) is 38.4 Å². The lowest BCUT2D eigenvalue weighted by molar-refractivity contribution is 0.0697. The van der Waals surface area contributed by atoms with Crippen LogP contribution >= 0.6 is 22.7 Å². The Morgan fingerprint density at radius 2 is 1.73 bits per heavy atom. The van der Waals surface area contributed by atoms with Crippen LogP contribution in [0.15, 0.2) is 77.5 Å². The fraction of sp³-hybridized carbons (Fsp3) is 0.125. The van der Waals surface area contributed by atoms with Crippen LogP contribution in [-0.2, 0) is 13.0 Å². The van der Waals surface area contributed by atoms with Gasteiger partial charge >= 0.3 is 5.97 Å². The van der Waals surface area contributed by atoms with Gasteiger partial charge < -0.3 is 25.6 Å². The molecule has 3 heterocycles. The highest BCUT2D eigenvalue weighted by Crippen LogP contribution is 2.45. The summed E-state index contributed by atoms with van der Waals surface area (Å²) in [6.45, 7) is 0.863. The molecule has 0 radical (unpaired) electrons. The molecule has 4 N–H and O–H groups in total. The molecule has 2 aromatic heterocycles. The van der Waals surface area contributed by atoms with Crippen LogP contribution in [0, 0.1) is 0 Å². The maximum Gasteiger partial charge on any atom is 0.336 e. The largest absolute Gasteiger partial charge is 0.496 e. The number of amides is 1. The Morgan fingerprint density at radius 3 is 2.44 bits per heavy atom. The number of nitrogens with two attached hydrogens (primary N) is 1. The first-order valence-corrected chi connectivity index (χ1v) is 14.7. The zero-order valence-electron chi connectivity index (χ0n) is 22.1. The Kier molecular flexibility index (Phi) is 7.32. The number of benzene rings is 3. The zero-order valence-corrected chi connectivity index (χ0v) is 23.7. The summed E-state index contributed by atoms with van der Waals surface area (Å²) < 4.78 is 11.9. The Labute approximate surface area is 244 Å². The number of aromatic carboxylic acids is 1. The first-order chi connectivity index (χ1) is 20.0. The van der Waals surface area contributed by atoms with Crippen LogP contribution in [-0.4, -0.2) is 30.7 Å². The van der Waals surface area contributed by atoms with Crippen molar-refractivity contribution in [1.29, 1.82) is 0 Å². The number of thiophene rings is 2. The SMILES string of the molecule is COc1cc(-c2cc3c(cc2C(=O)O)-c2sccc2CCO3)c(C(=O)Nc2ccc(CN)cc2)cc1-c1cccs1. The van der Waals surface area contributed by atoms with E-state index in [-0.39, 0.29) is 11.5 Å². The number of nitrogens with one attached hydrogen (secondary N) is 1. The molecule has 7 nitrogen and oxygen atoms in total. The van der Waals surface area contributed by atoms with Gasteiger partial charge in [-0.3, -0.25) is 4.79 Å². The topological polar surface area (TPSA) is 111 Å². The Hall–Kier alpha value is -4.44. The van der Waals surface area contributed by atoms with E-state index in [1.807, 2.05) is 41.1 Å². The van der Waals surface area contributed by atoms with Crippen molar-refractivity contribution >= 4 is 40.2 Å². The molecule has 3 aromatic carbocycles. The number of hydrogen-bond acceptors (Lipinski definition) is 7. The monoisotopic (exact) mass is 582 g/mol. The number of carbonyl (C=O) groups is 2. The third-order valence-corrected chi connectivity index (χ3v) is 8.97. The van der Waals surface area contributed by atoms with Gasteiger partial charge in [0.2, 0.25) is 0 Å². The van der Waals surface area contributed by atoms with Crippen LogP contribution in [0.5, 0.6) is 11.5 Å². The second-order valence-corrected chi connectivity index (χ2v) is 11.4. The summed E-state index contributed by atoms with van der Waals surface area (Å²) in [5.41, 5.74) is 11.0. The van der Waals surface area contributed by atoms with E-state index >= 15 is 0 Å². The van der Waals surface area contributed by atoms with Crippen LogP contribution in [0.4, 0.5) is 5.69 Å². The van der Waals surface area contributed by atoms with Gasteiger partial charge in [-0.25, -0.2) is 4.79 Å². The van der Waals surface area contributed by atoms with Crippen molar-refractivity contribution in [3.05, 3.63) is 99.7 Å². The number of anilines is 1. The summed E-state index contributed by atoms with van der Waals surface area (Å²) >= 11 is 3.08. The lowest BCUT2D eigenvalue weighted by Crippen LogP contribution is -2.15. The van der Waals surface area contributed by atoms with Gasteiger partial charge in [0, 0.05) is 50.7 Å². The van der Waals surface area contributed by atoms with Gasteiger partial charge in [0.05, 0.1) is 19.3 Å². The predicted octanol–water partition coefficient (Wildman–Crippen LogP) is 7.16. The third-order valence-electron chi connectivity index (χ3n) is 7.08. The van der Waals surface area contributed by atoms with E-state index in [1.165, 1.54) is 11.3 Å². The lowest BCUT2D eigenvalue weighted by atomic mass is 9.90. The molecule has 0 saturated carbocycles. The molecule has 0 atom stereocenters. The van der Waals surface area contributed by atoms with Crippen molar-refractivity contribution in [1.82, 2.24) is 0 Å². The minimum absolute atomic E-state index is 0.0703.